The maximum Gasteiger partial charge on any atom is 0.283 e. The Morgan fingerprint density at radius 3 is 2.48 bits per heavy atom. The van der Waals surface area contributed by atoms with Crippen molar-refractivity contribution >= 4 is 34.8 Å². The molecule has 1 N–H and O–H groups in total. The number of nitrogens with zero attached hydrogens (tertiary/aromatic N) is 1. The molecule has 0 aromatic heterocycles. The zero-order valence-electron chi connectivity index (χ0n) is 14.1. The van der Waals surface area contributed by atoms with Gasteiger partial charge in [0.2, 0.25) is 0 Å². The molecule has 2 amide bonds. The normalized spacial score (nSPS) is 14.3. The van der Waals surface area contributed by atoms with Gasteiger partial charge in [-0.15, -0.1) is 0 Å². The summed E-state index contributed by atoms with van der Waals surface area (Å²) in [6.45, 7) is 3.91. The van der Waals surface area contributed by atoms with Gasteiger partial charge in [-0.25, -0.2) is 4.90 Å². The fourth-order valence-corrected chi connectivity index (χ4v) is 2.83. The van der Waals surface area contributed by atoms with E-state index in [0.29, 0.717) is 11.4 Å². The van der Waals surface area contributed by atoms with Crippen molar-refractivity contribution in [2.45, 2.75) is 13.8 Å². The first-order valence-corrected chi connectivity index (χ1v) is 8.07. The molecule has 128 valence electrons. The Balaban J connectivity index is 1.95. The van der Waals surface area contributed by atoms with Crippen molar-refractivity contribution < 1.29 is 14.3 Å². The molecule has 5 nitrogen and oxygen atoms in total. The van der Waals surface area contributed by atoms with E-state index in [9.17, 15) is 9.59 Å². The van der Waals surface area contributed by atoms with Crippen molar-refractivity contribution in [2.75, 3.05) is 17.3 Å². The van der Waals surface area contributed by atoms with Gasteiger partial charge in [-0.2, -0.15) is 0 Å². The fraction of sp³-hybridized carbons (Fsp3) is 0.158. The highest BCUT2D eigenvalue weighted by Gasteiger charge is 2.39. The van der Waals surface area contributed by atoms with Gasteiger partial charge in [-0.1, -0.05) is 29.8 Å². The summed E-state index contributed by atoms with van der Waals surface area (Å²) >= 11 is 6.16. The number of benzene rings is 2. The standard InChI is InChI=1S/C19H17ClN2O3/c1-11-6-4-9-15(12(11)2)21-17-16(20)18(23)22(19(17)24)13-7-5-8-14(10-13)25-3/h4-10,21H,1-3H3. The molecule has 0 saturated carbocycles. The molecule has 0 aliphatic carbocycles. The number of amides is 2. The number of nitrogens with one attached hydrogen (secondary N) is 1. The Labute approximate surface area is 150 Å². The van der Waals surface area contributed by atoms with Crippen LogP contribution in [0.4, 0.5) is 11.4 Å². The van der Waals surface area contributed by atoms with Crippen LogP contribution in [0.3, 0.4) is 0 Å². The topological polar surface area (TPSA) is 58.6 Å². The third kappa shape index (κ3) is 2.98. The molecule has 2 aromatic rings. The highest BCUT2D eigenvalue weighted by molar-refractivity contribution is 6.53. The van der Waals surface area contributed by atoms with E-state index in [-0.39, 0.29) is 10.7 Å². The highest BCUT2D eigenvalue weighted by Crippen LogP contribution is 2.32. The minimum atomic E-state index is -0.562. The van der Waals surface area contributed by atoms with Gasteiger partial charge in [0.25, 0.3) is 11.8 Å². The first kappa shape index (κ1) is 17.0. The SMILES string of the molecule is COc1cccc(N2C(=O)C(Cl)=C(Nc3cccc(C)c3C)C2=O)c1. The van der Waals surface area contributed by atoms with Gasteiger partial charge in [0.15, 0.2) is 0 Å². The summed E-state index contributed by atoms with van der Waals surface area (Å²) in [5.41, 5.74) is 3.28. The fourth-order valence-electron chi connectivity index (χ4n) is 2.62. The summed E-state index contributed by atoms with van der Waals surface area (Å²) in [7, 11) is 1.52. The van der Waals surface area contributed by atoms with Crippen LogP contribution in [0.2, 0.25) is 0 Å². The zero-order chi connectivity index (χ0) is 18.1. The summed E-state index contributed by atoms with van der Waals surface area (Å²) in [5, 5.41) is 2.88. The van der Waals surface area contributed by atoms with Crippen LogP contribution in [0.15, 0.2) is 53.2 Å². The predicted octanol–water partition coefficient (Wildman–Crippen LogP) is 3.75. The molecular weight excluding hydrogens is 340 g/mol. The van der Waals surface area contributed by atoms with Crippen molar-refractivity contribution in [1.29, 1.82) is 0 Å². The molecule has 0 saturated heterocycles. The number of methoxy groups -OCH3 is 1. The van der Waals surface area contributed by atoms with Gasteiger partial charge in [-0.3, -0.25) is 9.59 Å². The number of aryl methyl sites for hydroxylation is 1. The minimum Gasteiger partial charge on any atom is -0.497 e. The van der Waals surface area contributed by atoms with Crippen LogP contribution in [-0.2, 0) is 9.59 Å². The molecule has 1 heterocycles. The van der Waals surface area contributed by atoms with Crippen molar-refractivity contribution in [2.24, 2.45) is 0 Å². The van der Waals surface area contributed by atoms with Crippen molar-refractivity contribution in [3.05, 3.63) is 64.3 Å². The van der Waals surface area contributed by atoms with Crippen LogP contribution in [0.25, 0.3) is 0 Å². The number of hydrogen-bond donors (Lipinski definition) is 1. The molecule has 6 heteroatoms. The number of ether oxygens (including phenoxy) is 1. The number of hydrogen-bond acceptors (Lipinski definition) is 4. The van der Waals surface area contributed by atoms with Crippen molar-refractivity contribution in [1.82, 2.24) is 0 Å². The second-order valence-electron chi connectivity index (χ2n) is 5.71. The minimum absolute atomic E-state index is 0.0724. The lowest BCUT2D eigenvalue weighted by Gasteiger charge is -2.16. The molecule has 0 fully saturated rings. The Morgan fingerprint density at radius 1 is 1.04 bits per heavy atom. The zero-order valence-corrected chi connectivity index (χ0v) is 14.8. The average Bonchev–Trinajstić information content (AvgIpc) is 2.82. The molecule has 0 radical (unpaired) electrons. The van der Waals surface area contributed by atoms with E-state index in [4.69, 9.17) is 16.3 Å². The van der Waals surface area contributed by atoms with Gasteiger partial charge in [0, 0.05) is 11.8 Å². The van der Waals surface area contributed by atoms with Crippen LogP contribution in [-0.4, -0.2) is 18.9 Å². The van der Waals surface area contributed by atoms with E-state index in [0.717, 1.165) is 21.7 Å². The lowest BCUT2D eigenvalue weighted by molar-refractivity contribution is -0.120. The summed E-state index contributed by atoms with van der Waals surface area (Å²) < 4.78 is 5.15. The van der Waals surface area contributed by atoms with Gasteiger partial charge in [0.05, 0.1) is 12.8 Å². The van der Waals surface area contributed by atoms with E-state index in [1.807, 2.05) is 32.0 Å². The molecular formula is C19H17ClN2O3. The van der Waals surface area contributed by atoms with E-state index < -0.39 is 11.8 Å². The van der Waals surface area contributed by atoms with E-state index in [2.05, 4.69) is 5.32 Å². The summed E-state index contributed by atoms with van der Waals surface area (Å²) in [6.07, 6.45) is 0. The van der Waals surface area contributed by atoms with Crippen molar-refractivity contribution in [3.63, 3.8) is 0 Å². The van der Waals surface area contributed by atoms with Gasteiger partial charge in [-0.05, 0) is 43.2 Å². The van der Waals surface area contributed by atoms with Crippen LogP contribution in [0.5, 0.6) is 5.75 Å². The first-order valence-electron chi connectivity index (χ1n) is 7.70. The third-order valence-electron chi connectivity index (χ3n) is 4.20. The number of carbonyl (C=O) groups excluding carboxylic acids is 2. The van der Waals surface area contributed by atoms with Gasteiger partial charge < -0.3 is 10.1 Å². The van der Waals surface area contributed by atoms with Crippen LogP contribution >= 0.6 is 11.6 Å². The molecule has 0 atom stereocenters. The Hall–Kier alpha value is -2.79. The quantitative estimate of drug-likeness (QED) is 0.848. The van der Waals surface area contributed by atoms with Crippen LogP contribution in [0.1, 0.15) is 11.1 Å². The average molecular weight is 357 g/mol. The maximum absolute atomic E-state index is 12.8. The Morgan fingerprint density at radius 2 is 1.76 bits per heavy atom. The summed E-state index contributed by atoms with van der Waals surface area (Å²) in [5.74, 6) is -0.512. The molecule has 0 bridgehead atoms. The highest BCUT2D eigenvalue weighted by atomic mass is 35.5. The molecule has 0 unspecified atom stereocenters. The Bertz CT molecular complexity index is 905. The molecule has 25 heavy (non-hydrogen) atoms. The maximum atomic E-state index is 12.8. The number of rotatable bonds is 4. The molecule has 1 aliphatic heterocycles. The molecule has 2 aromatic carbocycles. The number of anilines is 2. The molecule has 1 aliphatic rings. The second kappa shape index (κ2) is 6.61. The smallest absolute Gasteiger partial charge is 0.283 e. The summed E-state index contributed by atoms with van der Waals surface area (Å²) in [6, 6.07) is 12.4. The predicted molar refractivity (Wildman–Crippen MR) is 97.9 cm³/mol. The third-order valence-corrected chi connectivity index (χ3v) is 4.55. The lowest BCUT2D eigenvalue weighted by atomic mass is 10.1. The van der Waals surface area contributed by atoms with Crippen LogP contribution < -0.4 is 15.0 Å². The second-order valence-corrected chi connectivity index (χ2v) is 6.09. The van der Waals surface area contributed by atoms with Crippen LogP contribution in [0, 0.1) is 13.8 Å². The molecule has 0 spiro atoms. The number of halogens is 1. The van der Waals surface area contributed by atoms with Crippen molar-refractivity contribution in [3.8, 4) is 5.75 Å². The first-order chi connectivity index (χ1) is 11.9. The Kier molecular flexibility index (Phi) is 4.51. The number of carbonyl (C=O) groups is 2. The van der Waals surface area contributed by atoms with E-state index in [1.165, 1.54) is 7.11 Å². The molecule has 3 rings (SSSR count). The lowest BCUT2D eigenvalue weighted by Crippen LogP contribution is -2.32. The van der Waals surface area contributed by atoms with E-state index in [1.54, 1.807) is 24.3 Å². The largest absolute Gasteiger partial charge is 0.497 e. The van der Waals surface area contributed by atoms with Gasteiger partial charge in [0.1, 0.15) is 16.5 Å². The summed E-state index contributed by atoms with van der Waals surface area (Å²) in [4.78, 5) is 26.3. The number of imide groups is 1. The monoisotopic (exact) mass is 356 g/mol. The van der Waals surface area contributed by atoms with Gasteiger partial charge >= 0.3 is 0 Å². The van der Waals surface area contributed by atoms with E-state index >= 15 is 0 Å².